The van der Waals surface area contributed by atoms with Gasteiger partial charge in [0.05, 0.1) is 11.3 Å². The molecular weight excluding hydrogens is 262 g/mol. The van der Waals surface area contributed by atoms with Crippen LogP contribution in [0.4, 0.5) is 14.5 Å². The SMILES string of the molecule is NCC1=C(N)NCC(C#Cc2c(F)ccc(N)c2F)=C1. The quantitative estimate of drug-likeness (QED) is 0.445. The molecule has 1 aromatic rings. The lowest BCUT2D eigenvalue weighted by molar-refractivity contribution is 0.580. The van der Waals surface area contributed by atoms with Crippen LogP contribution in [0.25, 0.3) is 0 Å². The van der Waals surface area contributed by atoms with Crippen LogP contribution >= 0.6 is 0 Å². The molecule has 4 nitrogen and oxygen atoms in total. The summed E-state index contributed by atoms with van der Waals surface area (Å²) < 4.78 is 27.2. The van der Waals surface area contributed by atoms with Crippen molar-refractivity contribution in [1.82, 2.24) is 5.32 Å². The van der Waals surface area contributed by atoms with E-state index in [4.69, 9.17) is 17.2 Å². The number of halogens is 2. The van der Waals surface area contributed by atoms with Gasteiger partial charge >= 0.3 is 0 Å². The minimum atomic E-state index is -0.851. The number of nitrogen functional groups attached to an aromatic ring is 1. The lowest BCUT2D eigenvalue weighted by atomic mass is 10.1. The molecule has 0 aromatic heterocycles. The van der Waals surface area contributed by atoms with Gasteiger partial charge in [-0.25, -0.2) is 8.78 Å². The standard InChI is InChI=1S/C14H14F2N4/c15-11-3-4-12(18)13(16)10(11)2-1-8-5-9(6-17)14(19)20-7-8/h3-5,20H,6-7,17-19H2. The highest BCUT2D eigenvalue weighted by Gasteiger charge is 2.11. The molecule has 6 heteroatoms. The molecule has 0 unspecified atom stereocenters. The van der Waals surface area contributed by atoms with Crippen LogP contribution < -0.4 is 22.5 Å². The number of dihydropyridines is 1. The first-order valence-electron chi connectivity index (χ1n) is 5.91. The van der Waals surface area contributed by atoms with E-state index in [9.17, 15) is 8.78 Å². The van der Waals surface area contributed by atoms with E-state index >= 15 is 0 Å². The molecule has 0 saturated carbocycles. The van der Waals surface area contributed by atoms with Gasteiger partial charge in [-0.1, -0.05) is 11.8 Å². The van der Waals surface area contributed by atoms with Crippen molar-refractivity contribution in [3.05, 3.63) is 52.4 Å². The van der Waals surface area contributed by atoms with Crippen LogP contribution in [0.3, 0.4) is 0 Å². The first-order chi connectivity index (χ1) is 9.52. The third kappa shape index (κ3) is 2.73. The van der Waals surface area contributed by atoms with Crippen LogP contribution in [-0.2, 0) is 0 Å². The van der Waals surface area contributed by atoms with Gasteiger partial charge in [-0.15, -0.1) is 0 Å². The maximum atomic E-state index is 13.7. The van der Waals surface area contributed by atoms with Crippen LogP contribution in [0, 0.1) is 23.5 Å². The Hall–Kier alpha value is -2.52. The summed E-state index contributed by atoms with van der Waals surface area (Å²) in [6.45, 7) is 0.638. The Morgan fingerprint density at radius 1 is 1.20 bits per heavy atom. The van der Waals surface area contributed by atoms with Crippen molar-refractivity contribution >= 4 is 5.69 Å². The molecule has 0 atom stereocenters. The molecule has 1 aromatic carbocycles. The van der Waals surface area contributed by atoms with Crippen molar-refractivity contribution < 1.29 is 8.78 Å². The van der Waals surface area contributed by atoms with Gasteiger partial charge in [-0.05, 0) is 18.2 Å². The molecule has 1 heterocycles. The maximum absolute atomic E-state index is 13.7. The molecule has 0 amide bonds. The Labute approximate surface area is 115 Å². The number of hydrogen-bond donors (Lipinski definition) is 4. The van der Waals surface area contributed by atoms with Crippen molar-refractivity contribution in [3.8, 4) is 11.8 Å². The van der Waals surface area contributed by atoms with Gasteiger partial charge in [-0.3, -0.25) is 0 Å². The maximum Gasteiger partial charge on any atom is 0.164 e. The van der Waals surface area contributed by atoms with E-state index in [0.717, 1.165) is 12.1 Å². The Balaban J connectivity index is 2.36. The number of anilines is 1. The van der Waals surface area contributed by atoms with Gasteiger partial charge in [0.15, 0.2) is 5.82 Å². The van der Waals surface area contributed by atoms with Crippen LogP contribution in [0.1, 0.15) is 5.56 Å². The topological polar surface area (TPSA) is 90.1 Å². The summed E-state index contributed by atoms with van der Waals surface area (Å²) in [5.74, 6) is 4.05. The third-order valence-corrected chi connectivity index (χ3v) is 2.85. The number of nitrogens with two attached hydrogens (primary N) is 3. The Kier molecular flexibility index (Phi) is 3.91. The van der Waals surface area contributed by atoms with Crippen molar-refractivity contribution in [3.63, 3.8) is 0 Å². The fraction of sp³-hybridized carbons (Fsp3) is 0.143. The highest BCUT2D eigenvalue weighted by atomic mass is 19.1. The smallest absolute Gasteiger partial charge is 0.164 e. The zero-order valence-corrected chi connectivity index (χ0v) is 10.6. The van der Waals surface area contributed by atoms with Crippen molar-refractivity contribution in [2.75, 3.05) is 18.8 Å². The normalized spacial score (nSPS) is 14.2. The lowest BCUT2D eigenvalue weighted by Crippen LogP contribution is -2.29. The molecule has 0 radical (unpaired) electrons. The monoisotopic (exact) mass is 276 g/mol. The summed E-state index contributed by atoms with van der Waals surface area (Å²) in [6.07, 6.45) is 1.71. The van der Waals surface area contributed by atoms with Crippen molar-refractivity contribution in [2.45, 2.75) is 0 Å². The molecule has 0 bridgehead atoms. The fourth-order valence-electron chi connectivity index (χ4n) is 1.72. The van der Waals surface area contributed by atoms with E-state index in [-0.39, 0.29) is 17.8 Å². The van der Waals surface area contributed by atoms with Crippen molar-refractivity contribution in [2.24, 2.45) is 11.5 Å². The molecule has 0 saturated heterocycles. The molecule has 2 rings (SSSR count). The zero-order valence-electron chi connectivity index (χ0n) is 10.6. The van der Waals surface area contributed by atoms with E-state index in [1.807, 2.05) is 0 Å². The van der Waals surface area contributed by atoms with E-state index in [0.29, 0.717) is 23.5 Å². The number of rotatable bonds is 1. The Bertz CT molecular complexity index is 666. The minimum Gasteiger partial charge on any atom is -0.396 e. The number of nitrogens with one attached hydrogen (secondary N) is 1. The summed E-state index contributed by atoms with van der Waals surface area (Å²) in [5.41, 5.74) is 17.5. The molecule has 0 aliphatic carbocycles. The molecular formula is C14H14F2N4. The van der Waals surface area contributed by atoms with Gasteiger partial charge in [0.1, 0.15) is 11.6 Å². The average molecular weight is 276 g/mol. The Morgan fingerprint density at radius 3 is 2.65 bits per heavy atom. The summed E-state index contributed by atoms with van der Waals surface area (Å²) in [5, 5.41) is 2.90. The second-order valence-corrected chi connectivity index (χ2v) is 4.24. The molecule has 0 spiro atoms. The first kappa shape index (κ1) is 13.9. The fourth-order valence-corrected chi connectivity index (χ4v) is 1.72. The molecule has 0 fully saturated rings. The van der Waals surface area contributed by atoms with Gasteiger partial charge in [0.25, 0.3) is 0 Å². The van der Waals surface area contributed by atoms with Crippen molar-refractivity contribution in [1.29, 1.82) is 0 Å². The molecule has 1 aliphatic heterocycles. The second-order valence-electron chi connectivity index (χ2n) is 4.24. The van der Waals surface area contributed by atoms with Gasteiger partial charge in [0.2, 0.25) is 0 Å². The van der Waals surface area contributed by atoms with Crippen LogP contribution in [0.5, 0.6) is 0 Å². The number of hydrogen-bond acceptors (Lipinski definition) is 4. The predicted molar refractivity (Wildman–Crippen MR) is 74.0 cm³/mol. The average Bonchev–Trinajstić information content (AvgIpc) is 2.44. The van der Waals surface area contributed by atoms with Crippen LogP contribution in [0.15, 0.2) is 35.2 Å². The lowest BCUT2D eigenvalue weighted by Gasteiger charge is -2.15. The Morgan fingerprint density at radius 2 is 1.95 bits per heavy atom. The van der Waals surface area contributed by atoms with E-state index < -0.39 is 11.6 Å². The highest BCUT2D eigenvalue weighted by Crippen LogP contribution is 2.17. The molecule has 7 N–H and O–H groups in total. The second kappa shape index (κ2) is 5.63. The van der Waals surface area contributed by atoms with Crippen LogP contribution in [-0.4, -0.2) is 13.1 Å². The van der Waals surface area contributed by atoms with Gasteiger partial charge in [0, 0.05) is 24.2 Å². The first-order valence-corrected chi connectivity index (χ1v) is 5.91. The van der Waals surface area contributed by atoms with Gasteiger partial charge < -0.3 is 22.5 Å². The summed E-state index contributed by atoms with van der Waals surface area (Å²) in [6, 6.07) is 2.24. The van der Waals surface area contributed by atoms with Gasteiger partial charge in [-0.2, -0.15) is 0 Å². The van der Waals surface area contributed by atoms with Crippen LogP contribution in [0.2, 0.25) is 0 Å². The largest absolute Gasteiger partial charge is 0.396 e. The molecule has 104 valence electrons. The van der Waals surface area contributed by atoms with E-state index in [1.54, 1.807) is 6.08 Å². The van der Waals surface area contributed by atoms with E-state index in [1.165, 1.54) is 0 Å². The zero-order chi connectivity index (χ0) is 14.7. The summed E-state index contributed by atoms with van der Waals surface area (Å²) >= 11 is 0. The molecule has 1 aliphatic rings. The summed E-state index contributed by atoms with van der Waals surface area (Å²) in [4.78, 5) is 0. The van der Waals surface area contributed by atoms with E-state index in [2.05, 4.69) is 17.2 Å². The summed E-state index contributed by atoms with van der Waals surface area (Å²) in [7, 11) is 0. The predicted octanol–water partition coefficient (Wildman–Crippen LogP) is 0.557. The molecule has 20 heavy (non-hydrogen) atoms. The number of benzene rings is 1. The highest BCUT2D eigenvalue weighted by molar-refractivity contribution is 5.52. The third-order valence-electron chi connectivity index (χ3n) is 2.85. The minimum absolute atomic E-state index is 0.141.